The molecule has 0 aromatic heterocycles. The van der Waals surface area contributed by atoms with Gasteiger partial charge in [0.1, 0.15) is 5.75 Å². The van der Waals surface area contributed by atoms with Gasteiger partial charge in [0.15, 0.2) is 0 Å². The van der Waals surface area contributed by atoms with Crippen LogP contribution >= 0.6 is 0 Å². The molecule has 1 N–H and O–H groups in total. The largest absolute Gasteiger partial charge is 0.497 e. The van der Waals surface area contributed by atoms with Gasteiger partial charge in [0.05, 0.1) is 7.11 Å². The predicted octanol–water partition coefficient (Wildman–Crippen LogP) is 5.24. The zero-order chi connectivity index (χ0) is 22.2. The standard InChI is InChI=1S/C26H37N3O2/c1-5-10-25(24-13-9-18-27-24)29(22-11-8-12-23(19-22)31-4)21-16-14-20(15-17-21)26(30)28(6-2)7-3/h8,11-12,14-17,19,24-25,27H,5-7,9-10,13,18H2,1-4H3. The van der Waals surface area contributed by atoms with Gasteiger partial charge in [0, 0.05) is 48.2 Å². The van der Waals surface area contributed by atoms with E-state index in [1.54, 1.807) is 7.11 Å². The highest BCUT2D eigenvalue weighted by molar-refractivity contribution is 5.94. The number of carbonyl (C=O) groups is 1. The van der Waals surface area contributed by atoms with Gasteiger partial charge in [-0.15, -0.1) is 0 Å². The van der Waals surface area contributed by atoms with E-state index in [-0.39, 0.29) is 5.91 Å². The van der Waals surface area contributed by atoms with Crippen LogP contribution in [-0.2, 0) is 0 Å². The van der Waals surface area contributed by atoms with Gasteiger partial charge in [-0.1, -0.05) is 19.4 Å². The number of nitrogens with one attached hydrogen (secondary N) is 1. The highest BCUT2D eigenvalue weighted by Crippen LogP contribution is 2.34. The number of hydrogen-bond donors (Lipinski definition) is 1. The van der Waals surface area contributed by atoms with E-state index in [2.05, 4.69) is 41.4 Å². The van der Waals surface area contributed by atoms with E-state index in [4.69, 9.17) is 4.74 Å². The Balaban J connectivity index is 2.00. The number of anilines is 2. The van der Waals surface area contributed by atoms with Crippen LogP contribution < -0.4 is 15.0 Å². The summed E-state index contributed by atoms with van der Waals surface area (Å²) in [6.45, 7) is 8.80. The lowest BCUT2D eigenvalue weighted by atomic mass is 9.97. The second kappa shape index (κ2) is 11.2. The van der Waals surface area contributed by atoms with Crippen molar-refractivity contribution in [2.24, 2.45) is 0 Å². The molecule has 31 heavy (non-hydrogen) atoms. The van der Waals surface area contributed by atoms with Crippen molar-refractivity contribution in [2.45, 2.75) is 58.5 Å². The Hall–Kier alpha value is -2.53. The Morgan fingerprint density at radius 3 is 2.42 bits per heavy atom. The molecule has 2 atom stereocenters. The predicted molar refractivity (Wildman–Crippen MR) is 129 cm³/mol. The monoisotopic (exact) mass is 423 g/mol. The van der Waals surface area contributed by atoms with Crippen molar-refractivity contribution in [3.05, 3.63) is 54.1 Å². The molecule has 0 bridgehead atoms. The van der Waals surface area contributed by atoms with Crippen LogP contribution in [0.3, 0.4) is 0 Å². The van der Waals surface area contributed by atoms with Crippen molar-refractivity contribution in [2.75, 3.05) is 31.6 Å². The molecule has 1 aliphatic heterocycles. The second-order valence-electron chi connectivity index (χ2n) is 8.15. The fraction of sp³-hybridized carbons (Fsp3) is 0.500. The summed E-state index contributed by atoms with van der Waals surface area (Å²) in [5.41, 5.74) is 2.97. The summed E-state index contributed by atoms with van der Waals surface area (Å²) in [6, 6.07) is 17.2. The number of methoxy groups -OCH3 is 1. The molecule has 0 radical (unpaired) electrons. The van der Waals surface area contributed by atoms with Gasteiger partial charge in [0.2, 0.25) is 0 Å². The third-order valence-corrected chi connectivity index (χ3v) is 6.25. The highest BCUT2D eigenvalue weighted by atomic mass is 16.5. The molecule has 1 fully saturated rings. The van der Waals surface area contributed by atoms with E-state index >= 15 is 0 Å². The smallest absolute Gasteiger partial charge is 0.253 e. The number of carbonyl (C=O) groups excluding carboxylic acids is 1. The van der Waals surface area contributed by atoms with Crippen molar-refractivity contribution < 1.29 is 9.53 Å². The number of hydrogen-bond acceptors (Lipinski definition) is 4. The minimum Gasteiger partial charge on any atom is -0.497 e. The van der Waals surface area contributed by atoms with E-state index in [0.717, 1.165) is 55.2 Å². The van der Waals surface area contributed by atoms with Crippen LogP contribution in [-0.4, -0.2) is 49.6 Å². The molecule has 2 aromatic carbocycles. The molecule has 1 aliphatic rings. The number of benzene rings is 2. The first kappa shape index (κ1) is 23.1. The molecule has 2 unspecified atom stereocenters. The number of rotatable bonds is 10. The summed E-state index contributed by atoms with van der Waals surface area (Å²) in [7, 11) is 1.71. The van der Waals surface area contributed by atoms with E-state index < -0.39 is 0 Å². The highest BCUT2D eigenvalue weighted by Gasteiger charge is 2.30. The Morgan fingerprint density at radius 2 is 1.84 bits per heavy atom. The van der Waals surface area contributed by atoms with Crippen LogP contribution in [0.5, 0.6) is 5.75 Å². The van der Waals surface area contributed by atoms with E-state index in [1.807, 2.05) is 43.0 Å². The molecule has 1 heterocycles. The second-order valence-corrected chi connectivity index (χ2v) is 8.15. The quantitative estimate of drug-likeness (QED) is 0.568. The SMILES string of the molecule is CCCC(C1CCCN1)N(c1ccc(C(=O)N(CC)CC)cc1)c1cccc(OC)c1. The maximum Gasteiger partial charge on any atom is 0.253 e. The first-order valence-corrected chi connectivity index (χ1v) is 11.7. The molecule has 0 aliphatic carbocycles. The normalized spacial score (nSPS) is 16.7. The molecule has 1 amide bonds. The molecule has 5 heteroatoms. The molecule has 0 saturated carbocycles. The van der Waals surface area contributed by atoms with Crippen molar-refractivity contribution in [3.8, 4) is 5.75 Å². The van der Waals surface area contributed by atoms with E-state index in [9.17, 15) is 4.79 Å². The van der Waals surface area contributed by atoms with Crippen molar-refractivity contribution >= 4 is 17.3 Å². The zero-order valence-corrected chi connectivity index (χ0v) is 19.4. The number of amides is 1. The Kier molecular flexibility index (Phi) is 8.35. The van der Waals surface area contributed by atoms with Crippen LogP contribution in [0.15, 0.2) is 48.5 Å². The van der Waals surface area contributed by atoms with Crippen molar-refractivity contribution in [3.63, 3.8) is 0 Å². The first-order valence-electron chi connectivity index (χ1n) is 11.7. The molecule has 2 aromatic rings. The lowest BCUT2D eigenvalue weighted by Crippen LogP contribution is -2.45. The van der Waals surface area contributed by atoms with Crippen molar-refractivity contribution in [1.29, 1.82) is 0 Å². The maximum absolute atomic E-state index is 12.8. The third kappa shape index (κ3) is 5.40. The molecule has 0 spiro atoms. The minimum atomic E-state index is 0.0899. The third-order valence-electron chi connectivity index (χ3n) is 6.25. The summed E-state index contributed by atoms with van der Waals surface area (Å²) in [6.07, 6.45) is 4.61. The van der Waals surface area contributed by atoms with Crippen LogP contribution in [0.4, 0.5) is 11.4 Å². The number of nitrogens with zero attached hydrogens (tertiary/aromatic N) is 2. The van der Waals surface area contributed by atoms with E-state index in [0.29, 0.717) is 12.1 Å². The minimum absolute atomic E-state index is 0.0899. The summed E-state index contributed by atoms with van der Waals surface area (Å²) >= 11 is 0. The average molecular weight is 424 g/mol. The average Bonchev–Trinajstić information content (AvgIpc) is 3.35. The van der Waals surface area contributed by atoms with Crippen LogP contribution in [0.25, 0.3) is 0 Å². The molecular weight excluding hydrogens is 386 g/mol. The molecular formula is C26H37N3O2. The zero-order valence-electron chi connectivity index (χ0n) is 19.4. The summed E-state index contributed by atoms with van der Waals surface area (Å²) in [5.74, 6) is 0.942. The van der Waals surface area contributed by atoms with Crippen LogP contribution in [0, 0.1) is 0 Å². The lowest BCUT2D eigenvalue weighted by molar-refractivity contribution is 0.0773. The number of ether oxygens (including phenoxy) is 1. The van der Waals surface area contributed by atoms with Gasteiger partial charge in [-0.2, -0.15) is 0 Å². The Morgan fingerprint density at radius 1 is 1.10 bits per heavy atom. The van der Waals surface area contributed by atoms with Crippen LogP contribution in [0.1, 0.15) is 56.8 Å². The molecule has 5 nitrogen and oxygen atoms in total. The molecule has 3 rings (SSSR count). The maximum atomic E-state index is 12.8. The molecule has 168 valence electrons. The fourth-order valence-corrected chi connectivity index (χ4v) is 4.60. The Bertz CT molecular complexity index is 827. The van der Waals surface area contributed by atoms with Gasteiger partial charge >= 0.3 is 0 Å². The van der Waals surface area contributed by atoms with Gasteiger partial charge < -0.3 is 19.9 Å². The van der Waals surface area contributed by atoms with Crippen molar-refractivity contribution in [1.82, 2.24) is 10.2 Å². The van der Waals surface area contributed by atoms with Gasteiger partial charge in [-0.3, -0.25) is 4.79 Å². The summed E-state index contributed by atoms with van der Waals surface area (Å²) in [4.78, 5) is 17.1. The lowest BCUT2D eigenvalue weighted by Gasteiger charge is -2.38. The van der Waals surface area contributed by atoms with E-state index in [1.165, 1.54) is 12.8 Å². The van der Waals surface area contributed by atoms with Gasteiger partial charge in [0.25, 0.3) is 5.91 Å². The summed E-state index contributed by atoms with van der Waals surface area (Å²) in [5, 5.41) is 3.72. The fourth-order valence-electron chi connectivity index (χ4n) is 4.60. The summed E-state index contributed by atoms with van der Waals surface area (Å²) < 4.78 is 5.52. The van der Waals surface area contributed by atoms with Gasteiger partial charge in [-0.25, -0.2) is 0 Å². The van der Waals surface area contributed by atoms with Gasteiger partial charge in [-0.05, 0) is 76.1 Å². The van der Waals surface area contributed by atoms with Crippen LogP contribution in [0.2, 0.25) is 0 Å². The Labute approximate surface area is 187 Å². The molecule has 1 saturated heterocycles. The topological polar surface area (TPSA) is 44.8 Å². The first-order chi connectivity index (χ1) is 15.1.